The second-order valence-corrected chi connectivity index (χ2v) is 32.5. The standard InChI is InChI=1S/C57H60O12.C49H44O8.Y/c1-2-4-40(5-3-1)41-6-8-44(9-7-41)57(53-30-45(14-20-55(53)64-28-24-60-34-51-38-68-51)42-10-16-47(17-11-42)62-26-22-58-32-49-36-66-49)54-31-46(15-21-56(54)65-29-25-61-35-52-39-69-52)43-12-18-48(19-13-43)63-27-23-59-33-50-37-67-50;1-2-4-32(5-3-1)33-6-8-36(9-7-33)49(45-22-37(14-20-47(45)56-30-43-28-54-43)34-10-16-39(17-11-34)50-24-41-26-52-41)46-23-38(15-21-48(46)57-31-44-29-55-44)35-12-18-40(19-13-35)51-25-42-27-53-42;/h1-21,30-31,49-52,57H,22-29,32-39H2;1-23,41-44,49H,24-31H2;. The summed E-state index contributed by atoms with van der Waals surface area (Å²) in [6, 6.07) is 97.4. The number of benzene rings is 12. The summed E-state index contributed by atoms with van der Waals surface area (Å²) in [4.78, 5) is 0. The monoisotopic (exact) mass is 1790 g/mol. The van der Waals surface area contributed by atoms with E-state index in [1.165, 1.54) is 5.56 Å². The van der Waals surface area contributed by atoms with E-state index in [1.807, 2.05) is 60.7 Å². The molecule has 8 heterocycles. The van der Waals surface area contributed by atoms with E-state index in [2.05, 4.69) is 218 Å². The molecule has 0 spiro atoms. The van der Waals surface area contributed by atoms with Crippen LogP contribution in [0.2, 0.25) is 0 Å². The molecule has 0 N–H and O–H groups in total. The molecule has 8 saturated heterocycles. The van der Waals surface area contributed by atoms with Crippen LogP contribution < -0.4 is 37.9 Å². The Morgan fingerprint density at radius 3 is 0.669 bits per heavy atom. The average Bonchev–Trinajstić information content (AvgIpc) is 1.73. The largest absolute Gasteiger partial charge is 0.491 e. The zero-order valence-corrected chi connectivity index (χ0v) is 73.9. The van der Waals surface area contributed by atoms with Gasteiger partial charge in [-0.05, 0) is 175 Å². The molecule has 0 aromatic heterocycles. The van der Waals surface area contributed by atoms with Crippen LogP contribution in [0.3, 0.4) is 0 Å². The summed E-state index contributed by atoms with van der Waals surface area (Å²) in [5.41, 5.74) is 19.2. The Labute approximate surface area is 766 Å². The first-order valence-electron chi connectivity index (χ1n) is 43.9. The molecule has 0 aliphatic carbocycles. The number of hydrogen-bond acceptors (Lipinski definition) is 20. The van der Waals surface area contributed by atoms with E-state index in [1.54, 1.807) is 0 Å². The zero-order chi connectivity index (χ0) is 84.4. The maximum absolute atomic E-state index is 6.71. The van der Waals surface area contributed by atoms with Gasteiger partial charge in [-0.1, -0.05) is 182 Å². The predicted molar refractivity (Wildman–Crippen MR) is 478 cm³/mol. The maximum atomic E-state index is 6.71. The second-order valence-electron chi connectivity index (χ2n) is 32.5. The average molecular weight is 1790 g/mol. The fraction of sp³-hybridized carbons (Fsp3) is 0.321. The first kappa shape index (κ1) is 87.4. The van der Waals surface area contributed by atoms with Crippen molar-refractivity contribution in [2.45, 2.75) is 60.7 Å². The molecule has 8 aliphatic rings. The first-order chi connectivity index (χ1) is 62.4. The van der Waals surface area contributed by atoms with Crippen LogP contribution in [-0.2, 0) is 89.6 Å². The van der Waals surface area contributed by atoms with E-state index >= 15 is 0 Å². The van der Waals surface area contributed by atoms with Gasteiger partial charge in [-0.15, -0.1) is 0 Å². The molecule has 12 aromatic rings. The predicted octanol–water partition coefficient (Wildman–Crippen LogP) is 18.0. The minimum Gasteiger partial charge on any atom is -0.491 e. The molecule has 0 amide bonds. The third kappa shape index (κ3) is 25.6. The molecule has 0 bridgehead atoms. The van der Waals surface area contributed by atoms with Crippen LogP contribution in [0, 0.1) is 0 Å². The molecular weight excluding hydrogens is 1680 g/mol. The van der Waals surface area contributed by atoms with Gasteiger partial charge >= 0.3 is 0 Å². The Balaban J connectivity index is 0.000000173. The van der Waals surface area contributed by atoms with Crippen molar-refractivity contribution in [1.82, 2.24) is 0 Å². The Morgan fingerprint density at radius 1 is 0.197 bits per heavy atom. The molecule has 127 heavy (non-hydrogen) atoms. The molecule has 20 nitrogen and oxygen atoms in total. The molecule has 12 aromatic carbocycles. The van der Waals surface area contributed by atoms with Crippen LogP contribution in [0.15, 0.2) is 279 Å². The minimum absolute atomic E-state index is 0. The molecule has 8 unspecified atom stereocenters. The Kier molecular flexibility index (Phi) is 29.7. The van der Waals surface area contributed by atoms with E-state index in [-0.39, 0.29) is 93.4 Å². The molecule has 21 heteroatoms. The number of ether oxygens (including phenoxy) is 20. The van der Waals surface area contributed by atoms with Gasteiger partial charge in [0.15, 0.2) is 0 Å². The quantitative estimate of drug-likeness (QED) is 0.0197. The van der Waals surface area contributed by atoms with Gasteiger partial charge in [0.2, 0.25) is 0 Å². The summed E-state index contributed by atoms with van der Waals surface area (Å²) < 4.78 is 117. The molecule has 0 saturated carbocycles. The van der Waals surface area contributed by atoms with Crippen LogP contribution in [0.25, 0.3) is 66.8 Å². The SMILES string of the molecule is [Y].c1ccc(-c2ccc(C(c3cc(-c4ccc(OCC5CO5)cc4)ccc3OCC3CO3)c3cc(-c4ccc(OCC5CO5)cc4)ccc3OCC3CO3)cc2)cc1.c1ccc(-c2ccc(C(c3cc(-c4ccc(OCCOCC5CO5)cc4)ccc3OCCOCC3CO3)c3cc(-c4ccc(OCCOCC5CO5)cc4)ccc3OCCOCC3CO3)cc2)cc1. The first-order valence-corrected chi connectivity index (χ1v) is 43.9. The summed E-state index contributed by atoms with van der Waals surface area (Å²) in [6.45, 7) is 13.9. The van der Waals surface area contributed by atoms with Gasteiger partial charge in [-0.25, -0.2) is 0 Å². The third-order valence-electron chi connectivity index (χ3n) is 22.9. The molecule has 651 valence electrons. The molecule has 8 fully saturated rings. The zero-order valence-electron chi connectivity index (χ0n) is 71.0. The van der Waals surface area contributed by atoms with Crippen molar-refractivity contribution in [2.24, 2.45) is 0 Å². The second kappa shape index (κ2) is 43.2. The van der Waals surface area contributed by atoms with Gasteiger partial charge in [0.25, 0.3) is 0 Å². The van der Waals surface area contributed by atoms with Crippen molar-refractivity contribution < 1.29 is 127 Å². The van der Waals surface area contributed by atoms with E-state index in [9.17, 15) is 0 Å². The molecule has 1 radical (unpaired) electrons. The van der Waals surface area contributed by atoms with Crippen LogP contribution in [0.1, 0.15) is 45.2 Å². The normalized spacial score (nSPS) is 19.7. The third-order valence-corrected chi connectivity index (χ3v) is 22.9. The molecule has 8 aliphatic heterocycles. The Morgan fingerprint density at radius 2 is 0.402 bits per heavy atom. The smallest absolute Gasteiger partial charge is 0.123 e. The van der Waals surface area contributed by atoms with Gasteiger partial charge in [0.05, 0.1) is 106 Å². The summed E-state index contributed by atoms with van der Waals surface area (Å²) in [5, 5.41) is 0. The van der Waals surface area contributed by atoms with Crippen LogP contribution >= 0.6 is 0 Å². The van der Waals surface area contributed by atoms with Crippen molar-refractivity contribution in [3.63, 3.8) is 0 Å². The van der Waals surface area contributed by atoms with E-state index in [0.717, 1.165) is 180 Å². The van der Waals surface area contributed by atoms with E-state index in [0.29, 0.717) is 119 Å². The topological polar surface area (TPSA) is 211 Å². The van der Waals surface area contributed by atoms with E-state index in [4.69, 9.17) is 94.7 Å². The molecule has 8 atom stereocenters. The van der Waals surface area contributed by atoms with Crippen LogP contribution in [0.5, 0.6) is 46.0 Å². The van der Waals surface area contributed by atoms with Crippen molar-refractivity contribution in [3.05, 3.63) is 312 Å². The molecule has 20 rings (SSSR count). The minimum atomic E-state index is -0.339. The van der Waals surface area contributed by atoms with Crippen LogP contribution in [0.4, 0.5) is 0 Å². The van der Waals surface area contributed by atoms with Gasteiger partial charge in [-0.2, -0.15) is 0 Å². The summed E-state index contributed by atoms with van der Waals surface area (Å²) in [7, 11) is 0. The van der Waals surface area contributed by atoms with Crippen LogP contribution in [-0.4, -0.2) is 207 Å². The molecular formula is C106H104O20Y. The van der Waals surface area contributed by atoms with Crippen molar-refractivity contribution in [1.29, 1.82) is 0 Å². The Hall–Kier alpha value is -10.3. The number of hydrogen-bond donors (Lipinski definition) is 0. The van der Waals surface area contributed by atoms with Gasteiger partial charge in [0, 0.05) is 66.8 Å². The van der Waals surface area contributed by atoms with Gasteiger partial charge in [-0.3, -0.25) is 0 Å². The van der Waals surface area contributed by atoms with Crippen molar-refractivity contribution >= 4 is 0 Å². The van der Waals surface area contributed by atoms with Crippen molar-refractivity contribution in [2.75, 3.05) is 159 Å². The van der Waals surface area contributed by atoms with E-state index < -0.39 is 0 Å². The number of epoxide rings is 8. The number of rotatable bonds is 48. The fourth-order valence-electron chi connectivity index (χ4n) is 15.1. The van der Waals surface area contributed by atoms with Gasteiger partial charge < -0.3 is 94.7 Å². The summed E-state index contributed by atoms with van der Waals surface area (Å²) >= 11 is 0. The maximum Gasteiger partial charge on any atom is 0.123 e. The van der Waals surface area contributed by atoms with Crippen molar-refractivity contribution in [3.8, 4) is 113 Å². The Bertz CT molecular complexity index is 5210. The van der Waals surface area contributed by atoms with Gasteiger partial charge in [0.1, 0.15) is 148 Å². The summed E-state index contributed by atoms with van der Waals surface area (Å²) in [6.07, 6.45) is 1.39. The fourth-order valence-corrected chi connectivity index (χ4v) is 15.1. The summed E-state index contributed by atoms with van der Waals surface area (Å²) in [5.74, 6) is 5.70.